The fourth-order valence-corrected chi connectivity index (χ4v) is 1.97. The first-order chi connectivity index (χ1) is 10.4. The van der Waals surface area contributed by atoms with Crippen LogP contribution in [0.3, 0.4) is 0 Å². The molecule has 0 spiro atoms. The molecule has 2 aromatic rings. The zero-order valence-corrected chi connectivity index (χ0v) is 12.0. The lowest BCUT2D eigenvalue weighted by atomic mass is 10.3. The predicted molar refractivity (Wildman–Crippen MR) is 74.9 cm³/mol. The molecular formula is C13H14F2N4O3. The van der Waals surface area contributed by atoms with Gasteiger partial charge in [0, 0.05) is 13.1 Å². The molecule has 1 N–H and O–H groups in total. The highest BCUT2D eigenvalue weighted by molar-refractivity contribution is 5.59. The maximum absolute atomic E-state index is 13.0. The number of anilines is 1. The molecule has 0 aliphatic carbocycles. The molecule has 0 amide bonds. The van der Waals surface area contributed by atoms with Gasteiger partial charge in [-0.2, -0.15) is 5.10 Å². The summed E-state index contributed by atoms with van der Waals surface area (Å²) in [5.41, 5.74) is 0.201. The Balaban J connectivity index is 1.94. The average Bonchev–Trinajstić information content (AvgIpc) is 2.73. The van der Waals surface area contributed by atoms with Crippen molar-refractivity contribution in [3.8, 4) is 5.75 Å². The van der Waals surface area contributed by atoms with Crippen LogP contribution in [0.1, 0.15) is 5.69 Å². The predicted octanol–water partition coefficient (Wildman–Crippen LogP) is 2.41. The summed E-state index contributed by atoms with van der Waals surface area (Å²) >= 11 is 0. The standard InChI is InChI=1S/C13H14F2N4O3/c1-8-12(19(20)21)13(18(2)17-8)16-5-6-22-9-3-4-10(14)11(15)7-9/h3-4,7,16H,5-6H2,1-2H3. The first kappa shape index (κ1) is 15.7. The van der Waals surface area contributed by atoms with E-state index in [1.807, 2.05) is 0 Å². The topological polar surface area (TPSA) is 82.2 Å². The summed E-state index contributed by atoms with van der Waals surface area (Å²) in [5, 5.41) is 17.8. The van der Waals surface area contributed by atoms with E-state index < -0.39 is 16.6 Å². The van der Waals surface area contributed by atoms with Gasteiger partial charge in [-0.3, -0.25) is 10.1 Å². The molecule has 0 unspecified atom stereocenters. The van der Waals surface area contributed by atoms with Crippen molar-refractivity contribution in [3.63, 3.8) is 0 Å². The molecular weight excluding hydrogens is 298 g/mol. The molecule has 0 saturated carbocycles. The van der Waals surface area contributed by atoms with Gasteiger partial charge in [0.05, 0.1) is 11.5 Å². The van der Waals surface area contributed by atoms with E-state index in [4.69, 9.17) is 4.74 Å². The Kier molecular flexibility index (Phi) is 4.54. The van der Waals surface area contributed by atoms with Gasteiger partial charge in [-0.1, -0.05) is 0 Å². The third-order valence-electron chi connectivity index (χ3n) is 2.93. The highest BCUT2D eigenvalue weighted by Gasteiger charge is 2.23. The van der Waals surface area contributed by atoms with Crippen molar-refractivity contribution in [1.82, 2.24) is 9.78 Å². The minimum atomic E-state index is -0.997. The van der Waals surface area contributed by atoms with Crippen molar-refractivity contribution >= 4 is 11.5 Å². The molecule has 7 nitrogen and oxygen atoms in total. The van der Waals surface area contributed by atoms with Gasteiger partial charge < -0.3 is 10.1 Å². The highest BCUT2D eigenvalue weighted by Crippen LogP contribution is 2.26. The van der Waals surface area contributed by atoms with Gasteiger partial charge in [0.2, 0.25) is 5.82 Å². The third-order valence-corrected chi connectivity index (χ3v) is 2.93. The van der Waals surface area contributed by atoms with Crippen molar-refractivity contribution in [2.75, 3.05) is 18.5 Å². The molecule has 0 saturated heterocycles. The third kappa shape index (κ3) is 3.30. The summed E-state index contributed by atoms with van der Waals surface area (Å²) in [4.78, 5) is 10.5. The Hall–Kier alpha value is -2.71. The number of hydrogen-bond donors (Lipinski definition) is 1. The number of benzene rings is 1. The van der Waals surface area contributed by atoms with Gasteiger partial charge in [-0.25, -0.2) is 13.5 Å². The lowest BCUT2D eigenvalue weighted by molar-refractivity contribution is -0.384. The molecule has 1 aromatic heterocycles. The summed E-state index contributed by atoms with van der Waals surface area (Å²) in [5.74, 6) is -1.51. The van der Waals surface area contributed by atoms with Crippen LogP contribution in [0, 0.1) is 28.7 Å². The number of halogens is 2. The van der Waals surface area contributed by atoms with E-state index in [9.17, 15) is 18.9 Å². The van der Waals surface area contributed by atoms with Crippen molar-refractivity contribution in [2.45, 2.75) is 6.92 Å². The first-order valence-corrected chi connectivity index (χ1v) is 6.40. The van der Waals surface area contributed by atoms with Crippen molar-refractivity contribution in [3.05, 3.63) is 45.6 Å². The monoisotopic (exact) mass is 312 g/mol. The van der Waals surface area contributed by atoms with Crippen molar-refractivity contribution in [1.29, 1.82) is 0 Å². The van der Waals surface area contributed by atoms with Crippen LogP contribution in [0.5, 0.6) is 5.75 Å². The molecule has 118 valence electrons. The SMILES string of the molecule is Cc1nn(C)c(NCCOc2ccc(F)c(F)c2)c1[N+](=O)[O-]. The normalized spacial score (nSPS) is 10.5. The maximum atomic E-state index is 13.0. The van der Waals surface area contributed by atoms with E-state index >= 15 is 0 Å². The Morgan fingerprint density at radius 1 is 1.41 bits per heavy atom. The number of hydrogen-bond acceptors (Lipinski definition) is 5. The minimum Gasteiger partial charge on any atom is -0.492 e. The molecule has 1 aromatic carbocycles. The molecule has 1 heterocycles. The van der Waals surface area contributed by atoms with Gasteiger partial charge >= 0.3 is 5.69 Å². The summed E-state index contributed by atoms with van der Waals surface area (Å²) in [6, 6.07) is 3.20. The summed E-state index contributed by atoms with van der Waals surface area (Å²) in [7, 11) is 1.58. The maximum Gasteiger partial charge on any atom is 0.333 e. The van der Waals surface area contributed by atoms with Crippen molar-refractivity contribution in [2.24, 2.45) is 7.05 Å². The van der Waals surface area contributed by atoms with E-state index in [1.54, 1.807) is 14.0 Å². The molecule has 0 aliphatic rings. The van der Waals surface area contributed by atoms with Gasteiger partial charge in [-0.05, 0) is 19.1 Å². The van der Waals surface area contributed by atoms with Gasteiger partial charge in [0.1, 0.15) is 18.1 Å². The van der Waals surface area contributed by atoms with Crippen molar-refractivity contribution < 1.29 is 18.4 Å². The molecule has 22 heavy (non-hydrogen) atoms. The van der Waals surface area contributed by atoms with Gasteiger partial charge in [-0.15, -0.1) is 0 Å². The van der Waals surface area contributed by atoms with Crippen LogP contribution in [0.25, 0.3) is 0 Å². The second-order valence-electron chi connectivity index (χ2n) is 4.51. The fourth-order valence-electron chi connectivity index (χ4n) is 1.97. The number of aromatic nitrogens is 2. The van der Waals surface area contributed by atoms with E-state index in [0.29, 0.717) is 5.69 Å². The van der Waals surface area contributed by atoms with E-state index in [1.165, 1.54) is 10.7 Å². The van der Waals surface area contributed by atoms with Gasteiger partial charge in [0.15, 0.2) is 11.6 Å². The number of nitrogens with one attached hydrogen (secondary N) is 1. The smallest absolute Gasteiger partial charge is 0.333 e. The zero-order chi connectivity index (χ0) is 16.3. The summed E-state index contributed by atoms with van der Waals surface area (Å²) < 4.78 is 32.4. The van der Waals surface area contributed by atoms with Crippen LogP contribution < -0.4 is 10.1 Å². The van der Waals surface area contributed by atoms with E-state index in [2.05, 4.69) is 10.4 Å². The molecule has 9 heteroatoms. The first-order valence-electron chi connectivity index (χ1n) is 6.40. The summed E-state index contributed by atoms with van der Waals surface area (Å²) in [6.45, 7) is 1.90. The zero-order valence-electron chi connectivity index (χ0n) is 12.0. The van der Waals surface area contributed by atoms with E-state index in [0.717, 1.165) is 12.1 Å². The lowest BCUT2D eigenvalue weighted by Gasteiger charge is -2.08. The van der Waals surface area contributed by atoms with Crippen LogP contribution in [0.15, 0.2) is 18.2 Å². The van der Waals surface area contributed by atoms with Crippen LogP contribution in [-0.2, 0) is 7.05 Å². The van der Waals surface area contributed by atoms with Crippen LogP contribution in [-0.4, -0.2) is 27.9 Å². The molecule has 0 fully saturated rings. The molecule has 0 aliphatic heterocycles. The van der Waals surface area contributed by atoms with Crippen LogP contribution >= 0.6 is 0 Å². The number of aryl methyl sites for hydroxylation is 2. The quantitative estimate of drug-likeness (QED) is 0.503. The molecule has 2 rings (SSSR count). The highest BCUT2D eigenvalue weighted by atomic mass is 19.2. The lowest BCUT2D eigenvalue weighted by Crippen LogP contribution is -2.14. The number of ether oxygens (including phenoxy) is 1. The second kappa shape index (κ2) is 6.37. The Labute approximate surface area is 124 Å². The van der Waals surface area contributed by atoms with Crippen LogP contribution in [0.4, 0.5) is 20.3 Å². The Bertz CT molecular complexity index is 703. The number of nitro groups is 1. The summed E-state index contributed by atoms with van der Waals surface area (Å²) in [6.07, 6.45) is 0. The largest absolute Gasteiger partial charge is 0.492 e. The second-order valence-corrected chi connectivity index (χ2v) is 4.51. The van der Waals surface area contributed by atoms with E-state index in [-0.39, 0.29) is 30.4 Å². The Morgan fingerprint density at radius 2 is 2.14 bits per heavy atom. The molecule has 0 bridgehead atoms. The molecule has 0 atom stereocenters. The number of rotatable bonds is 6. The minimum absolute atomic E-state index is 0.102. The fraction of sp³-hybridized carbons (Fsp3) is 0.308. The van der Waals surface area contributed by atoms with Crippen LogP contribution in [0.2, 0.25) is 0 Å². The number of nitrogens with zero attached hydrogens (tertiary/aromatic N) is 3. The Morgan fingerprint density at radius 3 is 2.77 bits per heavy atom. The molecule has 0 radical (unpaired) electrons. The average molecular weight is 312 g/mol. The van der Waals surface area contributed by atoms with Gasteiger partial charge in [0.25, 0.3) is 0 Å².